The number of aromatic nitrogens is 3. The quantitative estimate of drug-likeness (QED) is 0.828. The lowest BCUT2D eigenvalue weighted by Gasteiger charge is -2.19. The summed E-state index contributed by atoms with van der Waals surface area (Å²) in [6, 6.07) is 7.46. The first-order valence-electron chi connectivity index (χ1n) is 7.48. The molecule has 136 valence electrons. The number of carbonyl (C=O) groups is 1. The van der Waals surface area contributed by atoms with Crippen LogP contribution in [0.1, 0.15) is 32.2 Å². The summed E-state index contributed by atoms with van der Waals surface area (Å²) in [4.78, 5) is 12.0. The summed E-state index contributed by atoms with van der Waals surface area (Å²) in [5.74, 6) is -1.48. The van der Waals surface area contributed by atoms with Crippen molar-refractivity contribution in [3.63, 3.8) is 0 Å². The van der Waals surface area contributed by atoms with Crippen LogP contribution in [0.2, 0.25) is 0 Å². The van der Waals surface area contributed by atoms with E-state index < -0.39 is 12.0 Å². The molecule has 0 saturated heterocycles. The molecule has 2 rings (SSSR count). The van der Waals surface area contributed by atoms with Gasteiger partial charge in [-0.3, -0.25) is 4.79 Å². The van der Waals surface area contributed by atoms with Gasteiger partial charge in [-0.25, -0.2) is 0 Å². The number of nitrogens with zero attached hydrogens (tertiary/aromatic N) is 3. The second-order valence-electron chi connectivity index (χ2n) is 6.53. The number of nitrogens with one attached hydrogen (secondary N) is 1. The molecule has 25 heavy (non-hydrogen) atoms. The van der Waals surface area contributed by atoms with Crippen LogP contribution in [0.25, 0.3) is 0 Å². The van der Waals surface area contributed by atoms with E-state index in [1.165, 1.54) is 7.05 Å². The summed E-state index contributed by atoms with van der Waals surface area (Å²) in [7, 11) is 1.22. The molecule has 0 bridgehead atoms. The van der Waals surface area contributed by atoms with Crippen molar-refractivity contribution in [2.24, 2.45) is 7.05 Å². The van der Waals surface area contributed by atoms with Gasteiger partial charge >= 0.3 is 6.18 Å². The highest BCUT2D eigenvalue weighted by Crippen LogP contribution is 2.29. The van der Waals surface area contributed by atoms with Gasteiger partial charge < -0.3 is 9.88 Å². The maximum Gasteiger partial charge on any atom is 0.451 e. The minimum atomic E-state index is -4.57. The van der Waals surface area contributed by atoms with Gasteiger partial charge in [0.2, 0.25) is 11.7 Å². The first kappa shape index (κ1) is 19.3. The van der Waals surface area contributed by atoms with Crippen molar-refractivity contribution in [2.45, 2.75) is 37.5 Å². The van der Waals surface area contributed by atoms with E-state index in [9.17, 15) is 18.0 Å². The molecule has 1 aromatic heterocycles. The molecule has 9 heteroatoms. The second-order valence-corrected chi connectivity index (χ2v) is 7.47. The number of thioether (sulfide) groups is 1. The van der Waals surface area contributed by atoms with Gasteiger partial charge in [0.15, 0.2) is 5.16 Å². The Kier molecular flexibility index (Phi) is 5.46. The zero-order chi connectivity index (χ0) is 18.8. The summed E-state index contributed by atoms with van der Waals surface area (Å²) in [5, 5.41) is 9.33. The fourth-order valence-corrected chi connectivity index (χ4v) is 2.78. The Morgan fingerprint density at radius 3 is 2.24 bits per heavy atom. The van der Waals surface area contributed by atoms with Gasteiger partial charge in [0.05, 0.1) is 5.75 Å². The van der Waals surface area contributed by atoms with E-state index in [0.717, 1.165) is 21.9 Å². The maximum atomic E-state index is 12.7. The Labute approximate surface area is 148 Å². The topological polar surface area (TPSA) is 59.8 Å². The molecule has 1 heterocycles. The van der Waals surface area contributed by atoms with Crippen molar-refractivity contribution >= 4 is 23.4 Å². The molecular formula is C16H19F3N4OS. The van der Waals surface area contributed by atoms with Crippen molar-refractivity contribution in [1.29, 1.82) is 0 Å². The van der Waals surface area contributed by atoms with Crippen molar-refractivity contribution in [3.8, 4) is 0 Å². The third-order valence-corrected chi connectivity index (χ3v) is 4.48. The lowest BCUT2D eigenvalue weighted by molar-refractivity contribution is -0.147. The maximum absolute atomic E-state index is 12.7. The summed E-state index contributed by atoms with van der Waals surface area (Å²) >= 11 is 0.896. The highest BCUT2D eigenvalue weighted by atomic mass is 32.2. The first-order chi connectivity index (χ1) is 11.5. The summed E-state index contributed by atoms with van der Waals surface area (Å²) in [6.45, 7) is 6.27. The van der Waals surface area contributed by atoms with E-state index in [2.05, 4.69) is 36.3 Å². The van der Waals surface area contributed by atoms with Crippen LogP contribution < -0.4 is 5.32 Å². The van der Waals surface area contributed by atoms with Crippen molar-refractivity contribution in [1.82, 2.24) is 14.8 Å². The fourth-order valence-electron chi connectivity index (χ4n) is 2.07. The summed E-state index contributed by atoms with van der Waals surface area (Å²) in [6.07, 6.45) is -4.57. The molecule has 0 spiro atoms. The molecule has 2 aromatic rings. The second kappa shape index (κ2) is 7.07. The van der Waals surface area contributed by atoms with Gasteiger partial charge in [0.1, 0.15) is 0 Å². The van der Waals surface area contributed by atoms with Gasteiger partial charge in [0, 0.05) is 12.7 Å². The monoisotopic (exact) mass is 372 g/mol. The number of anilines is 1. The van der Waals surface area contributed by atoms with Crippen molar-refractivity contribution < 1.29 is 18.0 Å². The number of benzene rings is 1. The Bertz CT molecular complexity index is 748. The molecule has 1 N–H and O–H groups in total. The van der Waals surface area contributed by atoms with Gasteiger partial charge in [-0.15, -0.1) is 10.2 Å². The van der Waals surface area contributed by atoms with Crippen LogP contribution in [0.15, 0.2) is 29.4 Å². The average Bonchev–Trinajstić information content (AvgIpc) is 2.86. The van der Waals surface area contributed by atoms with Gasteiger partial charge in [-0.05, 0) is 23.1 Å². The highest BCUT2D eigenvalue weighted by molar-refractivity contribution is 7.99. The van der Waals surface area contributed by atoms with Crippen molar-refractivity contribution in [3.05, 3.63) is 35.7 Å². The SMILES string of the molecule is Cn1c(SCC(=O)Nc2ccc(C(C)(C)C)cc2)nnc1C(F)(F)F. The lowest BCUT2D eigenvalue weighted by Crippen LogP contribution is -2.16. The van der Waals surface area contributed by atoms with Crippen LogP contribution >= 0.6 is 11.8 Å². The number of hydrogen-bond donors (Lipinski definition) is 1. The Hall–Kier alpha value is -2.03. The Morgan fingerprint density at radius 1 is 1.16 bits per heavy atom. The predicted molar refractivity (Wildman–Crippen MR) is 90.5 cm³/mol. The molecule has 0 aliphatic carbocycles. The van der Waals surface area contributed by atoms with Crippen LogP contribution in [-0.2, 0) is 23.4 Å². The van der Waals surface area contributed by atoms with Crippen LogP contribution in [-0.4, -0.2) is 26.4 Å². The predicted octanol–water partition coefficient (Wildman–Crippen LogP) is 3.86. The number of alkyl halides is 3. The number of carbonyl (C=O) groups excluding carboxylic acids is 1. The third-order valence-electron chi connectivity index (χ3n) is 3.46. The van der Waals surface area contributed by atoms with E-state index in [1.807, 2.05) is 12.1 Å². The van der Waals surface area contributed by atoms with Gasteiger partial charge in [-0.1, -0.05) is 44.7 Å². The zero-order valence-electron chi connectivity index (χ0n) is 14.3. The minimum absolute atomic E-state index is 0.0137. The van der Waals surface area contributed by atoms with Crippen LogP contribution in [0.5, 0.6) is 0 Å². The third kappa shape index (κ3) is 4.97. The smallest absolute Gasteiger partial charge is 0.325 e. The van der Waals surface area contributed by atoms with Gasteiger partial charge in [-0.2, -0.15) is 13.2 Å². The molecule has 0 saturated carbocycles. The highest BCUT2D eigenvalue weighted by Gasteiger charge is 2.37. The van der Waals surface area contributed by atoms with E-state index in [0.29, 0.717) is 5.69 Å². The molecule has 0 aliphatic rings. The lowest BCUT2D eigenvalue weighted by atomic mass is 9.87. The van der Waals surface area contributed by atoms with Crippen LogP contribution in [0.4, 0.5) is 18.9 Å². The number of halogens is 3. The fraction of sp³-hybridized carbons (Fsp3) is 0.438. The minimum Gasteiger partial charge on any atom is -0.325 e. The molecule has 0 atom stereocenters. The van der Waals surface area contributed by atoms with E-state index in [-0.39, 0.29) is 22.2 Å². The molecular weight excluding hydrogens is 353 g/mol. The summed E-state index contributed by atoms with van der Waals surface area (Å²) < 4.78 is 38.8. The molecule has 0 fully saturated rings. The van der Waals surface area contributed by atoms with Gasteiger partial charge in [0.25, 0.3) is 0 Å². The van der Waals surface area contributed by atoms with Crippen LogP contribution in [0, 0.1) is 0 Å². The molecule has 0 aliphatic heterocycles. The average molecular weight is 372 g/mol. The van der Waals surface area contributed by atoms with E-state index in [1.54, 1.807) is 12.1 Å². The standard InChI is InChI=1S/C16H19F3N4OS/c1-15(2,3)10-5-7-11(8-6-10)20-12(24)9-25-14-22-21-13(23(14)4)16(17,18)19/h5-8H,9H2,1-4H3,(H,20,24). The Morgan fingerprint density at radius 2 is 1.76 bits per heavy atom. The number of amides is 1. The largest absolute Gasteiger partial charge is 0.451 e. The van der Waals surface area contributed by atoms with Crippen LogP contribution in [0.3, 0.4) is 0 Å². The molecule has 5 nitrogen and oxygen atoms in total. The molecule has 1 amide bonds. The van der Waals surface area contributed by atoms with Crippen molar-refractivity contribution in [2.75, 3.05) is 11.1 Å². The molecule has 0 radical (unpaired) electrons. The Balaban J connectivity index is 1.94. The zero-order valence-corrected chi connectivity index (χ0v) is 15.1. The number of rotatable bonds is 4. The number of hydrogen-bond acceptors (Lipinski definition) is 4. The van der Waals surface area contributed by atoms with E-state index in [4.69, 9.17) is 0 Å². The first-order valence-corrected chi connectivity index (χ1v) is 8.47. The summed E-state index contributed by atoms with van der Waals surface area (Å²) in [5.41, 5.74) is 1.78. The molecule has 0 unspecified atom stereocenters. The molecule has 1 aromatic carbocycles. The normalized spacial score (nSPS) is 12.3. The van der Waals surface area contributed by atoms with E-state index >= 15 is 0 Å².